The van der Waals surface area contributed by atoms with Crippen LogP contribution >= 0.6 is 45.8 Å². The minimum Gasteiger partial charge on any atom is -0.459 e. The van der Waals surface area contributed by atoms with Crippen LogP contribution in [0.1, 0.15) is 11.8 Å². The number of imide groups is 1. The third kappa shape index (κ3) is 3.82. The lowest BCUT2D eigenvalue weighted by molar-refractivity contribution is -0.126. The maximum absolute atomic E-state index is 13.8. The van der Waals surface area contributed by atoms with Gasteiger partial charge in [0.2, 0.25) is 5.91 Å². The second-order valence-corrected chi connectivity index (χ2v) is 10.4. The number of benzene rings is 3. The fraction of sp³-hybridized carbons (Fsp3) is 0.111. The first kappa shape index (κ1) is 23.5. The molecule has 3 atom stereocenters. The van der Waals surface area contributed by atoms with Gasteiger partial charge in [0.15, 0.2) is 6.10 Å². The lowest BCUT2D eigenvalue weighted by Gasteiger charge is -2.27. The van der Waals surface area contributed by atoms with Crippen LogP contribution in [0.5, 0.6) is 0 Å². The third-order valence-corrected chi connectivity index (χ3v) is 7.99. The maximum Gasteiger partial charge on any atom is 0.266 e. The number of carbonyl (C=O) groups excluding carboxylic acids is 2. The van der Waals surface area contributed by atoms with Crippen molar-refractivity contribution >= 4 is 69.0 Å². The molecule has 0 aliphatic carbocycles. The van der Waals surface area contributed by atoms with Crippen molar-refractivity contribution < 1.29 is 18.8 Å². The van der Waals surface area contributed by atoms with Crippen LogP contribution in [0.25, 0.3) is 11.3 Å². The number of nitrogens with zero attached hydrogens (tertiary/aromatic N) is 2. The fourth-order valence-electron chi connectivity index (χ4n) is 4.69. The Morgan fingerprint density at radius 1 is 0.806 bits per heavy atom. The molecule has 2 aliphatic rings. The van der Waals surface area contributed by atoms with Crippen LogP contribution in [0.15, 0.2) is 89.3 Å². The topological polar surface area (TPSA) is 63.0 Å². The molecule has 2 amide bonds. The smallest absolute Gasteiger partial charge is 0.266 e. The molecule has 1 aromatic heterocycles. The third-order valence-electron chi connectivity index (χ3n) is 6.34. The van der Waals surface area contributed by atoms with Crippen LogP contribution in [0, 0.1) is 9.49 Å². The van der Waals surface area contributed by atoms with E-state index >= 15 is 0 Å². The highest BCUT2D eigenvalue weighted by Gasteiger charge is 2.61. The Balaban J connectivity index is 1.43. The molecule has 6 nitrogen and oxygen atoms in total. The molecule has 0 spiro atoms. The maximum atomic E-state index is 13.8. The number of hydrogen-bond donors (Lipinski definition) is 0. The number of anilines is 2. The number of carbonyl (C=O) groups is 2. The van der Waals surface area contributed by atoms with Crippen molar-refractivity contribution in [3.63, 3.8) is 0 Å². The lowest BCUT2D eigenvalue weighted by atomic mass is 9.94. The molecule has 3 aromatic carbocycles. The van der Waals surface area contributed by atoms with E-state index in [1.165, 1.54) is 4.90 Å². The first-order valence-corrected chi connectivity index (χ1v) is 13.0. The molecule has 0 N–H and O–H groups in total. The normalized spacial score (nSPS) is 21.4. The molecular weight excluding hydrogens is 614 g/mol. The van der Waals surface area contributed by atoms with Crippen molar-refractivity contribution in [2.75, 3.05) is 9.96 Å². The van der Waals surface area contributed by atoms with E-state index in [1.807, 2.05) is 54.6 Å². The summed E-state index contributed by atoms with van der Waals surface area (Å²) in [4.78, 5) is 34.7. The molecule has 2 fully saturated rings. The number of furan rings is 1. The van der Waals surface area contributed by atoms with Crippen LogP contribution in [-0.2, 0) is 14.4 Å². The average molecular weight is 631 g/mol. The number of fused-ring (bicyclic) bond motifs is 1. The van der Waals surface area contributed by atoms with E-state index in [4.69, 9.17) is 32.5 Å². The molecule has 2 saturated heterocycles. The summed E-state index contributed by atoms with van der Waals surface area (Å²) in [6.45, 7) is 0. The monoisotopic (exact) mass is 630 g/mol. The molecule has 0 bridgehead atoms. The Bertz CT molecular complexity index is 1490. The van der Waals surface area contributed by atoms with Gasteiger partial charge in [-0.25, -0.2) is 9.96 Å². The highest BCUT2D eigenvalue weighted by molar-refractivity contribution is 14.1. The zero-order chi connectivity index (χ0) is 25.0. The number of hydrogen-bond acceptors (Lipinski definition) is 5. The standard InChI is InChI=1S/C27H17Cl2IN2O4/c28-17-11-10-15(14-18(17)29)21-12-13-22(35-21)24-23-25(36-32(24)16-6-2-1-3-7-16)27(34)31(26(23)33)20-9-5-4-8-19(20)30/h1-14,23-25H/t23-,24-,25-/m1/s1. The van der Waals surface area contributed by atoms with Crippen LogP contribution in [0.2, 0.25) is 10.0 Å². The van der Waals surface area contributed by atoms with Crippen LogP contribution in [0.3, 0.4) is 0 Å². The highest BCUT2D eigenvalue weighted by Crippen LogP contribution is 2.48. The predicted molar refractivity (Wildman–Crippen MR) is 146 cm³/mol. The minimum absolute atomic E-state index is 0.329. The number of halogens is 3. The van der Waals surface area contributed by atoms with Crippen molar-refractivity contribution in [3.8, 4) is 11.3 Å². The van der Waals surface area contributed by atoms with Gasteiger partial charge in [-0.15, -0.1) is 0 Å². The van der Waals surface area contributed by atoms with E-state index in [2.05, 4.69) is 22.6 Å². The molecule has 3 heterocycles. The van der Waals surface area contributed by atoms with E-state index < -0.39 is 24.0 Å². The lowest BCUT2D eigenvalue weighted by Crippen LogP contribution is -2.37. The van der Waals surface area contributed by atoms with E-state index in [0.29, 0.717) is 32.9 Å². The SMILES string of the molecule is O=C1[C@@H]2[C@@H](c3ccc(-c4ccc(Cl)c(Cl)c4)o3)N(c3ccccc3)O[C@H]2C(=O)N1c1ccccc1I. The summed E-state index contributed by atoms with van der Waals surface area (Å²) in [5.74, 6) is -0.454. The van der Waals surface area contributed by atoms with E-state index in [9.17, 15) is 9.59 Å². The van der Waals surface area contributed by atoms with Gasteiger partial charge in [0.1, 0.15) is 23.5 Å². The summed E-state index contributed by atoms with van der Waals surface area (Å²) in [5.41, 5.74) is 2.00. The second-order valence-electron chi connectivity index (χ2n) is 8.45. The molecule has 4 aromatic rings. The van der Waals surface area contributed by atoms with Gasteiger partial charge in [0, 0.05) is 9.13 Å². The highest BCUT2D eigenvalue weighted by atomic mass is 127. The van der Waals surface area contributed by atoms with Crippen molar-refractivity contribution in [3.05, 3.63) is 104 Å². The fourth-order valence-corrected chi connectivity index (χ4v) is 5.62. The van der Waals surface area contributed by atoms with Crippen molar-refractivity contribution in [2.24, 2.45) is 5.92 Å². The molecule has 9 heteroatoms. The van der Waals surface area contributed by atoms with Crippen molar-refractivity contribution in [2.45, 2.75) is 12.1 Å². The molecule has 180 valence electrons. The Morgan fingerprint density at radius 3 is 2.31 bits per heavy atom. The average Bonchev–Trinajstić information content (AvgIpc) is 3.57. The first-order chi connectivity index (χ1) is 17.4. The zero-order valence-corrected chi connectivity index (χ0v) is 22.1. The van der Waals surface area contributed by atoms with Crippen LogP contribution in [0.4, 0.5) is 11.4 Å². The number of para-hydroxylation sites is 2. The molecule has 0 radical (unpaired) electrons. The summed E-state index contributed by atoms with van der Waals surface area (Å²) >= 11 is 14.4. The Labute approximate surface area is 230 Å². The zero-order valence-electron chi connectivity index (χ0n) is 18.5. The molecular formula is C27H17Cl2IN2O4. The Morgan fingerprint density at radius 2 is 1.56 bits per heavy atom. The van der Waals surface area contributed by atoms with Gasteiger partial charge in [-0.1, -0.05) is 53.5 Å². The Kier molecular flexibility index (Phi) is 6.03. The largest absolute Gasteiger partial charge is 0.459 e. The van der Waals surface area contributed by atoms with Gasteiger partial charge >= 0.3 is 0 Å². The van der Waals surface area contributed by atoms with E-state index in [1.54, 1.807) is 35.4 Å². The predicted octanol–water partition coefficient (Wildman–Crippen LogP) is 6.91. The number of amides is 2. The van der Waals surface area contributed by atoms with Crippen molar-refractivity contribution in [1.82, 2.24) is 0 Å². The van der Waals surface area contributed by atoms with Gasteiger partial charge in [-0.3, -0.25) is 14.4 Å². The number of rotatable bonds is 4. The summed E-state index contributed by atoms with van der Waals surface area (Å²) in [7, 11) is 0. The van der Waals surface area contributed by atoms with Gasteiger partial charge in [0.25, 0.3) is 5.91 Å². The molecule has 0 saturated carbocycles. The summed E-state index contributed by atoms with van der Waals surface area (Å²) in [5, 5.41) is 2.46. The van der Waals surface area contributed by atoms with Crippen molar-refractivity contribution in [1.29, 1.82) is 0 Å². The summed E-state index contributed by atoms with van der Waals surface area (Å²) in [6, 6.07) is 24.8. The minimum atomic E-state index is -0.975. The van der Waals surface area contributed by atoms with Gasteiger partial charge in [-0.05, 0) is 77.2 Å². The van der Waals surface area contributed by atoms with Gasteiger partial charge in [-0.2, -0.15) is 0 Å². The molecule has 0 unspecified atom stereocenters. The first-order valence-electron chi connectivity index (χ1n) is 11.1. The molecule has 36 heavy (non-hydrogen) atoms. The van der Waals surface area contributed by atoms with Gasteiger partial charge in [0.05, 0.1) is 21.4 Å². The molecule has 2 aliphatic heterocycles. The van der Waals surface area contributed by atoms with Crippen LogP contribution in [-0.4, -0.2) is 17.9 Å². The van der Waals surface area contributed by atoms with E-state index in [0.717, 1.165) is 9.13 Å². The van der Waals surface area contributed by atoms with E-state index in [-0.39, 0.29) is 5.91 Å². The Hall–Kier alpha value is -2.85. The van der Waals surface area contributed by atoms with Gasteiger partial charge < -0.3 is 4.42 Å². The summed E-state index contributed by atoms with van der Waals surface area (Å²) < 4.78 is 7.05. The quantitative estimate of drug-likeness (QED) is 0.181. The second kappa shape index (κ2) is 9.23. The van der Waals surface area contributed by atoms with Crippen LogP contribution < -0.4 is 9.96 Å². The molecule has 6 rings (SSSR count). The summed E-state index contributed by atoms with van der Waals surface area (Å²) in [6.07, 6.45) is -0.975. The number of hydroxylamine groups is 1.